The molecule has 24 heavy (non-hydrogen) atoms. The predicted molar refractivity (Wildman–Crippen MR) is 95.2 cm³/mol. The zero-order valence-corrected chi connectivity index (χ0v) is 12.6. The molecule has 0 radical (unpaired) electrons. The molecule has 6 aromatic rings. The van der Waals surface area contributed by atoms with E-state index in [0.717, 1.165) is 49.4 Å². The fourth-order valence-electron chi connectivity index (χ4n) is 3.53. The minimum absolute atomic E-state index is 0.821. The summed E-state index contributed by atoms with van der Waals surface area (Å²) < 4.78 is 1.94. The van der Waals surface area contributed by atoms with Gasteiger partial charge in [0.2, 0.25) is 0 Å². The first-order valence-corrected chi connectivity index (χ1v) is 7.82. The average Bonchev–Trinajstić information content (AvgIpc) is 3.19. The summed E-state index contributed by atoms with van der Waals surface area (Å²) >= 11 is 0. The Bertz CT molecular complexity index is 1410. The summed E-state index contributed by atoms with van der Waals surface area (Å²) in [7, 11) is 0. The molecule has 4 aromatic heterocycles. The molecule has 4 heterocycles. The van der Waals surface area contributed by atoms with Crippen LogP contribution in [0.15, 0.2) is 60.9 Å². The summed E-state index contributed by atoms with van der Waals surface area (Å²) in [5.74, 6) is 0. The van der Waals surface area contributed by atoms with Gasteiger partial charge in [0.05, 0.1) is 17.2 Å². The van der Waals surface area contributed by atoms with Gasteiger partial charge in [0.15, 0.2) is 11.3 Å². The van der Waals surface area contributed by atoms with Gasteiger partial charge < -0.3 is 0 Å². The molecule has 112 valence electrons. The van der Waals surface area contributed by atoms with Crippen molar-refractivity contribution in [2.45, 2.75) is 0 Å². The van der Waals surface area contributed by atoms with Gasteiger partial charge in [-0.05, 0) is 6.07 Å². The van der Waals surface area contributed by atoms with Crippen LogP contribution in [0, 0.1) is 0 Å². The maximum atomic E-state index is 4.92. The number of para-hydroxylation sites is 1. The van der Waals surface area contributed by atoms with Gasteiger partial charge in [-0.15, -0.1) is 0 Å². The normalized spacial score (nSPS) is 12.2. The minimum Gasteiger partial charge on any atom is -0.298 e. The summed E-state index contributed by atoms with van der Waals surface area (Å²) in [4.78, 5) is 14.2. The number of aromatic amines is 1. The van der Waals surface area contributed by atoms with E-state index in [9.17, 15) is 0 Å². The first-order valence-electron chi connectivity index (χ1n) is 7.82. The molecule has 0 unspecified atom stereocenters. The fraction of sp³-hybridized carbons (Fsp3) is 0. The van der Waals surface area contributed by atoms with Crippen molar-refractivity contribution in [1.82, 2.24) is 24.6 Å². The van der Waals surface area contributed by atoms with Crippen LogP contribution in [0.5, 0.6) is 0 Å². The molecule has 0 aliphatic heterocycles. The van der Waals surface area contributed by atoms with E-state index >= 15 is 0 Å². The average molecular weight is 309 g/mol. The fourth-order valence-corrected chi connectivity index (χ4v) is 3.53. The summed E-state index contributed by atoms with van der Waals surface area (Å²) in [6.07, 6.45) is 3.81. The molecule has 2 aromatic carbocycles. The minimum atomic E-state index is 0.821. The Labute approximate surface area is 135 Å². The third-order valence-electron chi connectivity index (χ3n) is 4.62. The summed E-state index contributed by atoms with van der Waals surface area (Å²) in [5.41, 5.74) is 4.45. The number of H-pyrrole nitrogens is 1. The molecule has 0 amide bonds. The number of pyridine rings is 1. The van der Waals surface area contributed by atoms with Gasteiger partial charge in [0.25, 0.3) is 0 Å². The van der Waals surface area contributed by atoms with E-state index in [-0.39, 0.29) is 0 Å². The molecular weight excluding hydrogens is 298 g/mol. The van der Waals surface area contributed by atoms with Crippen LogP contribution in [0.4, 0.5) is 0 Å². The van der Waals surface area contributed by atoms with E-state index in [1.165, 1.54) is 0 Å². The van der Waals surface area contributed by atoms with Crippen molar-refractivity contribution < 1.29 is 0 Å². The van der Waals surface area contributed by atoms with Crippen molar-refractivity contribution in [1.29, 1.82) is 0 Å². The number of imidazole rings is 1. The highest BCUT2D eigenvalue weighted by Crippen LogP contribution is 2.31. The third kappa shape index (κ3) is 1.37. The van der Waals surface area contributed by atoms with Gasteiger partial charge in [-0.3, -0.25) is 5.10 Å². The molecule has 0 atom stereocenters. The molecule has 0 saturated carbocycles. The molecule has 0 spiro atoms. The Hall–Kier alpha value is -3.47. The van der Waals surface area contributed by atoms with Gasteiger partial charge in [-0.25, -0.2) is 19.5 Å². The zero-order valence-electron chi connectivity index (χ0n) is 12.6. The lowest BCUT2D eigenvalue weighted by Gasteiger charge is -2.00. The van der Waals surface area contributed by atoms with Crippen LogP contribution in [0.2, 0.25) is 0 Å². The standard InChI is InChI=1S/C19H11N5/c1-2-6-12-11(5-1)9-21-24-18(12)23-17-16-13-7-3-4-8-14(13)22-15(16)10-20-19(17)24/h1-10,21H. The molecule has 1 N–H and O–H groups in total. The molecule has 0 saturated heterocycles. The van der Waals surface area contributed by atoms with Gasteiger partial charge in [-0.1, -0.05) is 42.5 Å². The third-order valence-corrected chi connectivity index (χ3v) is 4.62. The molecule has 0 aliphatic carbocycles. The molecule has 5 heteroatoms. The number of aromatic nitrogens is 5. The van der Waals surface area contributed by atoms with Crippen LogP contribution < -0.4 is 0 Å². The monoisotopic (exact) mass is 309 g/mol. The highest BCUT2D eigenvalue weighted by molar-refractivity contribution is 6.18. The maximum absolute atomic E-state index is 4.92. The zero-order chi connectivity index (χ0) is 15.7. The van der Waals surface area contributed by atoms with Crippen molar-refractivity contribution in [2.75, 3.05) is 0 Å². The SMILES string of the molecule is c1ccc2c(c1)c[nH]n1c2nc2c3c(cnc21)nc1ccccc13. The highest BCUT2D eigenvalue weighted by Gasteiger charge is 2.15. The van der Waals surface area contributed by atoms with Gasteiger partial charge in [-0.2, -0.15) is 0 Å². The molecule has 0 aliphatic rings. The van der Waals surface area contributed by atoms with Gasteiger partial charge in [0, 0.05) is 27.7 Å². The van der Waals surface area contributed by atoms with Crippen LogP contribution in [-0.4, -0.2) is 24.6 Å². The van der Waals surface area contributed by atoms with E-state index in [1.54, 1.807) is 0 Å². The second-order valence-corrected chi connectivity index (χ2v) is 5.95. The Morgan fingerprint density at radius 2 is 1.62 bits per heavy atom. The lowest BCUT2D eigenvalue weighted by atomic mass is 10.2. The maximum Gasteiger partial charge on any atom is 0.180 e. The largest absolute Gasteiger partial charge is 0.298 e. The van der Waals surface area contributed by atoms with E-state index in [2.05, 4.69) is 33.3 Å². The van der Waals surface area contributed by atoms with Crippen molar-refractivity contribution in [3.63, 3.8) is 0 Å². The molecule has 5 nitrogen and oxygen atoms in total. The summed E-state index contributed by atoms with van der Waals surface area (Å²) in [6, 6.07) is 16.4. The second kappa shape index (κ2) is 4.08. The molecule has 0 fully saturated rings. The number of fused-ring (bicyclic) bond motifs is 9. The van der Waals surface area contributed by atoms with Gasteiger partial charge >= 0.3 is 0 Å². The summed E-state index contributed by atoms with van der Waals surface area (Å²) in [6.45, 7) is 0. The molecule has 6 rings (SSSR count). The highest BCUT2D eigenvalue weighted by atomic mass is 15.3. The van der Waals surface area contributed by atoms with Crippen molar-refractivity contribution in [3.05, 3.63) is 60.9 Å². The van der Waals surface area contributed by atoms with E-state index in [0.29, 0.717) is 0 Å². The van der Waals surface area contributed by atoms with Crippen molar-refractivity contribution in [2.24, 2.45) is 0 Å². The van der Waals surface area contributed by atoms with Crippen molar-refractivity contribution >= 4 is 49.4 Å². The predicted octanol–water partition coefficient (Wildman–Crippen LogP) is 4.07. The lowest BCUT2D eigenvalue weighted by Crippen LogP contribution is -1.93. The van der Waals surface area contributed by atoms with Gasteiger partial charge in [0.1, 0.15) is 5.52 Å². The first-order chi connectivity index (χ1) is 11.9. The number of nitrogens with one attached hydrogen (secondary N) is 1. The number of benzene rings is 2. The second-order valence-electron chi connectivity index (χ2n) is 5.95. The smallest absolute Gasteiger partial charge is 0.180 e. The van der Waals surface area contributed by atoms with E-state index in [4.69, 9.17) is 4.98 Å². The number of hydrogen-bond donors (Lipinski definition) is 1. The van der Waals surface area contributed by atoms with Crippen molar-refractivity contribution in [3.8, 4) is 0 Å². The summed E-state index contributed by atoms with van der Waals surface area (Å²) in [5, 5.41) is 7.71. The molecular formula is C19H11N5. The Balaban J connectivity index is 1.92. The van der Waals surface area contributed by atoms with Crippen LogP contribution in [-0.2, 0) is 0 Å². The first kappa shape index (κ1) is 12.0. The van der Waals surface area contributed by atoms with Crippen LogP contribution in [0.25, 0.3) is 49.4 Å². The van der Waals surface area contributed by atoms with Crippen LogP contribution >= 0.6 is 0 Å². The lowest BCUT2D eigenvalue weighted by molar-refractivity contribution is 0.963. The number of nitrogens with zero attached hydrogens (tertiary/aromatic N) is 4. The number of hydrogen-bond acceptors (Lipinski definition) is 3. The Kier molecular flexibility index (Phi) is 2.04. The molecule has 0 bridgehead atoms. The van der Waals surface area contributed by atoms with Crippen LogP contribution in [0.3, 0.4) is 0 Å². The van der Waals surface area contributed by atoms with Crippen LogP contribution in [0.1, 0.15) is 0 Å². The number of rotatable bonds is 0. The Morgan fingerprint density at radius 1 is 0.792 bits per heavy atom. The quantitative estimate of drug-likeness (QED) is 0.460. The van der Waals surface area contributed by atoms with E-state index in [1.807, 2.05) is 47.2 Å². The topological polar surface area (TPSA) is 58.9 Å². The Morgan fingerprint density at radius 3 is 2.58 bits per heavy atom. The van der Waals surface area contributed by atoms with E-state index < -0.39 is 0 Å².